The van der Waals surface area contributed by atoms with Crippen LogP contribution in [0.25, 0.3) is 11.3 Å². The molecular formula is C23H18N2O5. The molecule has 3 aromatic rings. The number of nitrogens with zero attached hydrogens (tertiary/aromatic N) is 1. The molecule has 1 aromatic heterocycles. The molecule has 1 heterocycles. The number of hydrogen-bond acceptors (Lipinski definition) is 6. The summed E-state index contributed by atoms with van der Waals surface area (Å²) in [5.74, 6) is -0.980. The number of ether oxygens (including phenoxy) is 1. The molecule has 7 nitrogen and oxygen atoms in total. The Morgan fingerprint density at radius 3 is 2.47 bits per heavy atom. The van der Waals surface area contributed by atoms with E-state index in [0.717, 1.165) is 0 Å². The fraction of sp³-hybridized carbons (Fsp3) is 0.130. The monoisotopic (exact) mass is 402 g/mol. The normalized spacial score (nSPS) is 11.2. The molecule has 0 aliphatic rings. The van der Waals surface area contributed by atoms with Gasteiger partial charge in [-0.2, -0.15) is 5.26 Å². The SMILES string of the molecule is CC(=O)c1ccc(-c2ccc(C(=O)O[C@@H](C)C(=O)Nc3cccc(C#N)c3)o2)cc1. The van der Waals surface area contributed by atoms with Gasteiger partial charge in [-0.1, -0.05) is 30.3 Å². The summed E-state index contributed by atoms with van der Waals surface area (Å²) in [4.78, 5) is 35.9. The van der Waals surface area contributed by atoms with Crippen molar-refractivity contribution < 1.29 is 23.5 Å². The van der Waals surface area contributed by atoms with Crippen LogP contribution in [-0.4, -0.2) is 23.8 Å². The fourth-order valence-corrected chi connectivity index (χ4v) is 2.65. The van der Waals surface area contributed by atoms with E-state index in [9.17, 15) is 14.4 Å². The van der Waals surface area contributed by atoms with Crippen LogP contribution in [0.5, 0.6) is 0 Å². The minimum atomic E-state index is -1.08. The number of esters is 1. The third kappa shape index (κ3) is 4.80. The van der Waals surface area contributed by atoms with Crippen molar-refractivity contribution in [1.82, 2.24) is 0 Å². The van der Waals surface area contributed by atoms with E-state index in [1.165, 1.54) is 26.0 Å². The number of rotatable bonds is 6. The first-order chi connectivity index (χ1) is 14.4. The third-order valence-corrected chi connectivity index (χ3v) is 4.30. The summed E-state index contributed by atoms with van der Waals surface area (Å²) in [6.07, 6.45) is -1.08. The molecule has 0 saturated heterocycles. The quantitative estimate of drug-likeness (QED) is 0.489. The van der Waals surface area contributed by atoms with Gasteiger partial charge in [0.25, 0.3) is 5.91 Å². The van der Waals surface area contributed by atoms with Crippen molar-refractivity contribution in [3.8, 4) is 17.4 Å². The van der Waals surface area contributed by atoms with Crippen LogP contribution in [0.3, 0.4) is 0 Å². The number of amides is 1. The van der Waals surface area contributed by atoms with Gasteiger partial charge in [0, 0.05) is 16.8 Å². The second kappa shape index (κ2) is 8.88. The molecule has 0 radical (unpaired) electrons. The van der Waals surface area contributed by atoms with Gasteiger partial charge in [0.2, 0.25) is 5.76 Å². The van der Waals surface area contributed by atoms with Crippen molar-refractivity contribution in [2.75, 3.05) is 5.32 Å². The first kappa shape index (κ1) is 20.6. The molecule has 30 heavy (non-hydrogen) atoms. The van der Waals surface area contributed by atoms with E-state index in [-0.39, 0.29) is 11.5 Å². The summed E-state index contributed by atoms with van der Waals surface area (Å²) in [5.41, 5.74) is 2.10. The molecule has 1 N–H and O–H groups in total. The van der Waals surface area contributed by atoms with Crippen LogP contribution in [0.1, 0.15) is 40.3 Å². The van der Waals surface area contributed by atoms with Gasteiger partial charge in [-0.3, -0.25) is 9.59 Å². The Labute approximate surface area is 172 Å². The van der Waals surface area contributed by atoms with E-state index in [4.69, 9.17) is 14.4 Å². The molecule has 0 fully saturated rings. The summed E-state index contributed by atoms with van der Waals surface area (Å²) in [5, 5.41) is 11.5. The van der Waals surface area contributed by atoms with Crippen LogP contribution in [0.2, 0.25) is 0 Å². The topological polar surface area (TPSA) is 109 Å². The zero-order valence-electron chi connectivity index (χ0n) is 16.3. The number of Topliss-reactive ketones (excluding diaryl/α,β-unsaturated/α-hetero) is 1. The summed E-state index contributed by atoms with van der Waals surface area (Å²) < 4.78 is 10.7. The molecule has 0 bridgehead atoms. The smallest absolute Gasteiger partial charge is 0.375 e. The zero-order valence-corrected chi connectivity index (χ0v) is 16.3. The van der Waals surface area contributed by atoms with Crippen LogP contribution in [0, 0.1) is 11.3 Å². The van der Waals surface area contributed by atoms with Gasteiger partial charge in [-0.15, -0.1) is 0 Å². The minimum absolute atomic E-state index is 0.0446. The lowest BCUT2D eigenvalue weighted by Gasteiger charge is -2.12. The van der Waals surface area contributed by atoms with Gasteiger partial charge in [-0.25, -0.2) is 4.79 Å². The molecule has 0 unspecified atom stereocenters. The molecule has 0 spiro atoms. The van der Waals surface area contributed by atoms with Gasteiger partial charge in [0.05, 0.1) is 11.6 Å². The average Bonchev–Trinajstić information content (AvgIpc) is 3.24. The van der Waals surface area contributed by atoms with Gasteiger partial charge >= 0.3 is 5.97 Å². The van der Waals surface area contributed by atoms with Gasteiger partial charge in [0.15, 0.2) is 11.9 Å². The van der Waals surface area contributed by atoms with Crippen LogP contribution in [0.15, 0.2) is 65.1 Å². The molecular weight excluding hydrogens is 384 g/mol. The van der Waals surface area contributed by atoms with E-state index in [2.05, 4.69) is 5.32 Å². The largest absolute Gasteiger partial charge is 0.449 e. The van der Waals surface area contributed by atoms with E-state index in [1.807, 2.05) is 6.07 Å². The lowest BCUT2D eigenvalue weighted by molar-refractivity contribution is -0.123. The molecule has 3 rings (SSSR count). The Bertz CT molecular complexity index is 1140. The molecule has 150 valence electrons. The third-order valence-electron chi connectivity index (χ3n) is 4.30. The summed E-state index contributed by atoms with van der Waals surface area (Å²) in [6, 6.07) is 18.2. The number of carbonyl (C=O) groups excluding carboxylic acids is 3. The number of hydrogen-bond donors (Lipinski definition) is 1. The van der Waals surface area contributed by atoms with Crippen molar-refractivity contribution >= 4 is 23.3 Å². The predicted molar refractivity (Wildman–Crippen MR) is 109 cm³/mol. The number of ketones is 1. The fourth-order valence-electron chi connectivity index (χ4n) is 2.65. The lowest BCUT2D eigenvalue weighted by Crippen LogP contribution is -2.29. The minimum Gasteiger partial charge on any atom is -0.449 e. The molecule has 1 atom stereocenters. The first-order valence-corrected chi connectivity index (χ1v) is 9.10. The Morgan fingerprint density at radius 1 is 1.07 bits per heavy atom. The highest BCUT2D eigenvalue weighted by Crippen LogP contribution is 2.23. The average molecular weight is 402 g/mol. The Kier molecular flexibility index (Phi) is 6.08. The van der Waals surface area contributed by atoms with Crippen molar-refractivity contribution in [3.05, 3.63) is 77.6 Å². The molecule has 1 amide bonds. The van der Waals surface area contributed by atoms with Crippen LogP contribution in [-0.2, 0) is 9.53 Å². The summed E-state index contributed by atoms with van der Waals surface area (Å²) in [6.45, 7) is 2.92. The number of carbonyl (C=O) groups is 3. The van der Waals surface area contributed by atoms with Gasteiger partial charge in [-0.05, 0) is 44.2 Å². The highest BCUT2D eigenvalue weighted by atomic mass is 16.6. The van der Waals surface area contributed by atoms with Crippen molar-refractivity contribution in [2.45, 2.75) is 20.0 Å². The highest BCUT2D eigenvalue weighted by Gasteiger charge is 2.21. The van der Waals surface area contributed by atoms with Gasteiger partial charge in [0.1, 0.15) is 5.76 Å². The van der Waals surface area contributed by atoms with E-state index in [0.29, 0.717) is 28.1 Å². The Balaban J connectivity index is 1.63. The first-order valence-electron chi connectivity index (χ1n) is 9.10. The molecule has 0 aliphatic heterocycles. The second-order valence-electron chi connectivity index (χ2n) is 6.53. The van der Waals surface area contributed by atoms with Crippen molar-refractivity contribution in [2.24, 2.45) is 0 Å². The van der Waals surface area contributed by atoms with Crippen LogP contribution >= 0.6 is 0 Å². The highest BCUT2D eigenvalue weighted by molar-refractivity contribution is 5.97. The molecule has 7 heteroatoms. The summed E-state index contributed by atoms with van der Waals surface area (Å²) in [7, 11) is 0. The van der Waals surface area contributed by atoms with Crippen LogP contribution in [0.4, 0.5) is 5.69 Å². The maximum atomic E-state index is 12.3. The number of benzene rings is 2. The number of nitrogens with one attached hydrogen (secondary N) is 1. The standard InChI is InChI=1S/C23H18N2O5/c1-14(26)17-6-8-18(9-7-17)20-10-11-21(30-20)23(28)29-15(2)22(27)25-19-5-3-4-16(12-19)13-24/h3-12,15H,1-2H3,(H,25,27)/t15-/m0/s1. The predicted octanol–water partition coefficient (Wildman–Crippen LogP) is 4.20. The van der Waals surface area contributed by atoms with E-state index < -0.39 is 18.0 Å². The van der Waals surface area contributed by atoms with Gasteiger partial charge < -0.3 is 14.5 Å². The Morgan fingerprint density at radius 2 is 1.80 bits per heavy atom. The maximum absolute atomic E-state index is 12.3. The van der Waals surface area contributed by atoms with E-state index in [1.54, 1.807) is 48.5 Å². The maximum Gasteiger partial charge on any atom is 0.375 e. The van der Waals surface area contributed by atoms with E-state index >= 15 is 0 Å². The lowest BCUT2D eigenvalue weighted by atomic mass is 10.1. The molecule has 2 aromatic carbocycles. The molecule has 0 aliphatic carbocycles. The second-order valence-corrected chi connectivity index (χ2v) is 6.53. The zero-order chi connectivity index (χ0) is 21.7. The molecule has 0 saturated carbocycles. The number of furan rings is 1. The van der Waals surface area contributed by atoms with Crippen molar-refractivity contribution in [3.63, 3.8) is 0 Å². The summed E-state index contributed by atoms with van der Waals surface area (Å²) >= 11 is 0. The van der Waals surface area contributed by atoms with Crippen LogP contribution < -0.4 is 5.32 Å². The number of nitriles is 1. The Hall–Kier alpha value is -4.18. The number of anilines is 1. The van der Waals surface area contributed by atoms with Crippen molar-refractivity contribution in [1.29, 1.82) is 5.26 Å².